The molecule has 102 valence electrons. The second-order valence-electron chi connectivity index (χ2n) is 4.81. The molecule has 0 aliphatic carbocycles. The summed E-state index contributed by atoms with van der Waals surface area (Å²) >= 11 is 5.87. The van der Waals surface area contributed by atoms with E-state index in [4.69, 9.17) is 16.3 Å². The highest BCUT2D eigenvalue weighted by Gasteiger charge is 2.29. The summed E-state index contributed by atoms with van der Waals surface area (Å²) in [5.41, 5.74) is 1.43. The molecule has 0 aromatic heterocycles. The van der Waals surface area contributed by atoms with Gasteiger partial charge in [0.1, 0.15) is 12.4 Å². The molecule has 2 aromatic carbocycles. The zero-order chi connectivity index (χ0) is 14.1. The average Bonchev–Trinajstić information content (AvgIpc) is 2.47. The average molecular weight is 288 g/mol. The summed E-state index contributed by atoms with van der Waals surface area (Å²) in [4.78, 5) is 14.5. The van der Waals surface area contributed by atoms with Gasteiger partial charge >= 0.3 is 0 Å². The highest BCUT2D eigenvalue weighted by Crippen LogP contribution is 2.34. The van der Waals surface area contributed by atoms with Gasteiger partial charge in [-0.05, 0) is 43.3 Å². The van der Waals surface area contributed by atoms with Gasteiger partial charge in [-0.2, -0.15) is 0 Å². The number of hydrogen-bond acceptors (Lipinski definition) is 2. The fourth-order valence-corrected chi connectivity index (χ4v) is 2.47. The van der Waals surface area contributed by atoms with Crippen LogP contribution < -0.4 is 9.64 Å². The fraction of sp³-hybridized carbons (Fsp3) is 0.188. The Balaban J connectivity index is 2.00. The number of fused-ring (bicyclic) bond motifs is 1. The van der Waals surface area contributed by atoms with Crippen molar-refractivity contribution in [2.24, 2.45) is 0 Å². The van der Waals surface area contributed by atoms with Gasteiger partial charge in [0.25, 0.3) is 5.91 Å². The van der Waals surface area contributed by atoms with Gasteiger partial charge in [-0.25, -0.2) is 0 Å². The summed E-state index contributed by atoms with van der Waals surface area (Å²) in [7, 11) is 0. The van der Waals surface area contributed by atoms with Gasteiger partial charge in [0.05, 0.1) is 11.7 Å². The second kappa shape index (κ2) is 5.17. The highest BCUT2D eigenvalue weighted by molar-refractivity contribution is 6.30. The molecular weight excluding hydrogens is 274 g/mol. The first-order valence-electron chi connectivity index (χ1n) is 6.48. The lowest BCUT2D eigenvalue weighted by Crippen LogP contribution is -2.45. The Morgan fingerprint density at radius 2 is 1.90 bits per heavy atom. The Kier molecular flexibility index (Phi) is 3.36. The molecule has 0 unspecified atom stereocenters. The predicted molar refractivity (Wildman–Crippen MR) is 79.7 cm³/mol. The van der Waals surface area contributed by atoms with Crippen LogP contribution in [0, 0.1) is 0 Å². The van der Waals surface area contributed by atoms with Gasteiger partial charge in [0.2, 0.25) is 0 Å². The molecule has 0 fully saturated rings. The lowest BCUT2D eigenvalue weighted by molar-refractivity contribution is 0.0961. The van der Waals surface area contributed by atoms with Crippen LogP contribution in [0.2, 0.25) is 5.02 Å². The van der Waals surface area contributed by atoms with Gasteiger partial charge in [0.15, 0.2) is 0 Å². The van der Waals surface area contributed by atoms with Gasteiger partial charge < -0.3 is 4.74 Å². The molecule has 0 spiro atoms. The maximum Gasteiger partial charge on any atom is 0.258 e. The number of carbonyl (C=O) groups excluding carboxylic acids is 1. The first kappa shape index (κ1) is 13.0. The molecule has 0 N–H and O–H groups in total. The standard InChI is InChI=1S/C16H14ClNO2/c1-11-10-20-15-5-3-2-4-14(15)18(11)16(19)12-6-8-13(17)9-7-12/h2-9,11H,10H2,1H3/t11-/m0/s1. The summed E-state index contributed by atoms with van der Waals surface area (Å²) in [5, 5.41) is 0.622. The molecule has 3 rings (SSSR count). The number of rotatable bonds is 1. The minimum atomic E-state index is -0.0371. The van der Waals surface area contributed by atoms with Gasteiger partial charge in [-0.1, -0.05) is 23.7 Å². The molecule has 1 aliphatic heterocycles. The Hall–Kier alpha value is -2.00. The van der Waals surface area contributed by atoms with Crippen LogP contribution in [-0.2, 0) is 0 Å². The molecule has 1 amide bonds. The van der Waals surface area contributed by atoms with Crippen molar-refractivity contribution in [2.75, 3.05) is 11.5 Å². The predicted octanol–water partition coefficient (Wildman–Crippen LogP) is 3.77. The Labute approximate surface area is 122 Å². The number of hydrogen-bond donors (Lipinski definition) is 0. The van der Waals surface area contributed by atoms with Crippen LogP contribution >= 0.6 is 11.6 Å². The van der Waals surface area contributed by atoms with E-state index in [9.17, 15) is 4.79 Å². The Morgan fingerprint density at radius 1 is 1.20 bits per heavy atom. The van der Waals surface area contributed by atoms with Crippen LogP contribution in [-0.4, -0.2) is 18.6 Å². The highest BCUT2D eigenvalue weighted by atomic mass is 35.5. The number of benzene rings is 2. The molecule has 1 heterocycles. The van der Waals surface area contributed by atoms with Crippen molar-refractivity contribution >= 4 is 23.2 Å². The van der Waals surface area contributed by atoms with Crippen LogP contribution in [0.5, 0.6) is 5.75 Å². The lowest BCUT2D eigenvalue weighted by atomic mass is 10.1. The van der Waals surface area contributed by atoms with Crippen molar-refractivity contribution in [3.63, 3.8) is 0 Å². The normalized spacial score (nSPS) is 17.3. The van der Waals surface area contributed by atoms with E-state index in [1.165, 1.54) is 0 Å². The van der Waals surface area contributed by atoms with Crippen LogP contribution in [0.1, 0.15) is 17.3 Å². The van der Waals surface area contributed by atoms with Gasteiger partial charge in [-0.3, -0.25) is 9.69 Å². The maximum absolute atomic E-state index is 12.7. The third-order valence-electron chi connectivity index (χ3n) is 3.36. The van der Waals surface area contributed by atoms with E-state index in [-0.39, 0.29) is 11.9 Å². The molecule has 0 bridgehead atoms. The van der Waals surface area contributed by atoms with Crippen molar-refractivity contribution < 1.29 is 9.53 Å². The minimum absolute atomic E-state index is 0.00641. The van der Waals surface area contributed by atoms with E-state index in [2.05, 4.69) is 0 Å². The lowest BCUT2D eigenvalue weighted by Gasteiger charge is -2.35. The van der Waals surface area contributed by atoms with E-state index >= 15 is 0 Å². The third-order valence-corrected chi connectivity index (χ3v) is 3.61. The Morgan fingerprint density at radius 3 is 2.65 bits per heavy atom. The smallest absolute Gasteiger partial charge is 0.258 e. The zero-order valence-electron chi connectivity index (χ0n) is 11.0. The Bertz CT molecular complexity index is 639. The number of halogens is 1. The second-order valence-corrected chi connectivity index (χ2v) is 5.25. The summed E-state index contributed by atoms with van der Waals surface area (Å²) in [6.07, 6.45) is 0. The molecule has 4 heteroatoms. The van der Waals surface area contributed by atoms with Crippen molar-refractivity contribution in [2.45, 2.75) is 13.0 Å². The van der Waals surface area contributed by atoms with Crippen LogP contribution in [0.4, 0.5) is 5.69 Å². The van der Waals surface area contributed by atoms with Crippen molar-refractivity contribution in [3.8, 4) is 5.75 Å². The number of para-hydroxylation sites is 2. The van der Waals surface area contributed by atoms with Crippen LogP contribution in [0.3, 0.4) is 0 Å². The van der Waals surface area contributed by atoms with E-state index in [0.29, 0.717) is 17.2 Å². The molecule has 0 radical (unpaired) electrons. The fourth-order valence-electron chi connectivity index (χ4n) is 2.34. The van der Waals surface area contributed by atoms with Crippen molar-refractivity contribution in [1.29, 1.82) is 0 Å². The van der Waals surface area contributed by atoms with E-state index in [1.54, 1.807) is 29.2 Å². The van der Waals surface area contributed by atoms with Crippen molar-refractivity contribution in [1.82, 2.24) is 0 Å². The van der Waals surface area contributed by atoms with Crippen LogP contribution in [0.25, 0.3) is 0 Å². The molecular formula is C16H14ClNO2. The molecule has 20 heavy (non-hydrogen) atoms. The van der Waals surface area contributed by atoms with Gasteiger partial charge in [-0.15, -0.1) is 0 Å². The van der Waals surface area contributed by atoms with Crippen LogP contribution in [0.15, 0.2) is 48.5 Å². The summed E-state index contributed by atoms with van der Waals surface area (Å²) in [5.74, 6) is 0.706. The number of nitrogens with zero attached hydrogens (tertiary/aromatic N) is 1. The largest absolute Gasteiger partial charge is 0.489 e. The number of ether oxygens (including phenoxy) is 1. The van der Waals surface area contributed by atoms with E-state index in [0.717, 1.165) is 11.4 Å². The monoisotopic (exact) mass is 287 g/mol. The van der Waals surface area contributed by atoms with Gasteiger partial charge in [0, 0.05) is 10.6 Å². The summed E-state index contributed by atoms with van der Waals surface area (Å²) < 4.78 is 5.66. The quantitative estimate of drug-likeness (QED) is 0.799. The molecule has 1 aliphatic rings. The van der Waals surface area contributed by atoms with E-state index < -0.39 is 0 Å². The maximum atomic E-state index is 12.7. The minimum Gasteiger partial charge on any atom is -0.489 e. The molecule has 3 nitrogen and oxygen atoms in total. The van der Waals surface area contributed by atoms with Crippen molar-refractivity contribution in [3.05, 3.63) is 59.1 Å². The van der Waals surface area contributed by atoms with E-state index in [1.807, 2.05) is 31.2 Å². The molecule has 0 saturated carbocycles. The SMILES string of the molecule is C[C@H]1COc2ccccc2N1C(=O)c1ccc(Cl)cc1. The molecule has 0 saturated heterocycles. The third kappa shape index (κ3) is 2.25. The first-order valence-corrected chi connectivity index (χ1v) is 6.85. The number of carbonyl (C=O) groups is 1. The summed E-state index contributed by atoms with van der Waals surface area (Å²) in [6, 6.07) is 14.5. The topological polar surface area (TPSA) is 29.5 Å². The first-order chi connectivity index (χ1) is 9.66. The zero-order valence-corrected chi connectivity index (χ0v) is 11.8. The molecule has 2 aromatic rings. The summed E-state index contributed by atoms with van der Waals surface area (Å²) in [6.45, 7) is 2.47. The molecule has 1 atom stereocenters. The number of anilines is 1. The number of amides is 1.